The summed E-state index contributed by atoms with van der Waals surface area (Å²) in [6.45, 7) is 7.54. The van der Waals surface area contributed by atoms with E-state index in [4.69, 9.17) is 14.9 Å². The quantitative estimate of drug-likeness (QED) is 0.670. The highest BCUT2D eigenvalue weighted by Gasteiger charge is 2.29. The largest absolute Gasteiger partial charge is 0.497 e. The Morgan fingerprint density at radius 2 is 2.03 bits per heavy atom. The van der Waals surface area contributed by atoms with E-state index < -0.39 is 0 Å². The molecule has 2 aromatic heterocycles. The molecule has 1 atom stereocenters. The lowest BCUT2D eigenvalue weighted by molar-refractivity contribution is 0.226. The Balaban J connectivity index is 1.54. The van der Waals surface area contributed by atoms with Gasteiger partial charge in [-0.3, -0.25) is 0 Å². The topological polar surface area (TPSA) is 67.6 Å². The number of aromatic nitrogens is 4. The first-order chi connectivity index (χ1) is 14.7. The number of hydrogen-bond donors (Lipinski definition) is 1. The number of piperidine rings is 1. The predicted octanol–water partition coefficient (Wildman–Crippen LogP) is 3.88. The van der Waals surface area contributed by atoms with Crippen molar-refractivity contribution in [2.75, 3.05) is 32.1 Å². The molecule has 7 heteroatoms. The number of nitrogens with one attached hydrogen (secondary N) is 1. The Hall–Kier alpha value is -2.67. The minimum absolute atomic E-state index is 0.370. The minimum Gasteiger partial charge on any atom is -0.497 e. The summed E-state index contributed by atoms with van der Waals surface area (Å²) >= 11 is 0. The van der Waals surface area contributed by atoms with Crippen molar-refractivity contribution in [3.63, 3.8) is 0 Å². The van der Waals surface area contributed by atoms with E-state index in [0.29, 0.717) is 12.0 Å². The summed E-state index contributed by atoms with van der Waals surface area (Å²) < 4.78 is 7.40. The van der Waals surface area contributed by atoms with Crippen molar-refractivity contribution in [1.82, 2.24) is 24.7 Å². The molecule has 1 saturated carbocycles. The van der Waals surface area contributed by atoms with Crippen LogP contribution in [0, 0.1) is 6.92 Å². The molecule has 1 aromatic carbocycles. The third kappa shape index (κ3) is 3.62. The number of benzene rings is 1. The van der Waals surface area contributed by atoms with Crippen molar-refractivity contribution in [3.05, 3.63) is 35.5 Å². The molecule has 3 aromatic rings. The van der Waals surface area contributed by atoms with E-state index in [1.165, 1.54) is 31.4 Å². The zero-order valence-corrected chi connectivity index (χ0v) is 18.1. The maximum absolute atomic E-state index is 5.47. The normalized spacial score (nSPS) is 19.9. The zero-order valence-electron chi connectivity index (χ0n) is 18.1. The van der Waals surface area contributed by atoms with Crippen molar-refractivity contribution in [1.29, 1.82) is 0 Å². The van der Waals surface area contributed by atoms with E-state index in [0.717, 1.165) is 53.7 Å². The lowest BCUT2D eigenvalue weighted by atomic mass is 9.99. The van der Waals surface area contributed by atoms with Gasteiger partial charge < -0.3 is 15.0 Å². The van der Waals surface area contributed by atoms with E-state index in [1.807, 2.05) is 17.5 Å². The van der Waals surface area contributed by atoms with Crippen LogP contribution in [0.25, 0.3) is 16.8 Å². The summed E-state index contributed by atoms with van der Waals surface area (Å²) in [6.07, 6.45) is 4.79. The summed E-state index contributed by atoms with van der Waals surface area (Å²) in [7, 11) is 1.72. The second kappa shape index (κ2) is 7.87. The standard InChI is InChI=1S/C23H30N6O/c1-4-28-11-5-6-17(14-28)24-23-26-25-22(21-12-15(2)27-29(21)23)19-10-9-18(30-3)13-20(19)16-7-8-16/h9-10,12-13,16-17H,4-8,11,14H2,1-3H3,(H,24,26)/t17-/m1/s1. The summed E-state index contributed by atoms with van der Waals surface area (Å²) in [6, 6.07) is 8.76. The first-order valence-corrected chi connectivity index (χ1v) is 11.1. The van der Waals surface area contributed by atoms with Crippen LogP contribution in [0.1, 0.15) is 49.8 Å². The van der Waals surface area contributed by atoms with Crippen LogP contribution >= 0.6 is 0 Å². The van der Waals surface area contributed by atoms with Gasteiger partial charge in [-0.15, -0.1) is 10.2 Å². The number of methoxy groups -OCH3 is 1. The number of rotatable bonds is 6. The van der Waals surface area contributed by atoms with Gasteiger partial charge in [-0.05, 0) is 81.4 Å². The number of likely N-dealkylation sites (tertiary alicyclic amines) is 1. The highest BCUT2D eigenvalue weighted by atomic mass is 16.5. The molecule has 0 spiro atoms. The number of nitrogens with zero attached hydrogens (tertiary/aromatic N) is 5. The summed E-state index contributed by atoms with van der Waals surface area (Å²) in [5.41, 5.74) is 5.30. The van der Waals surface area contributed by atoms with Crippen LogP contribution in [0.15, 0.2) is 24.3 Å². The molecule has 1 N–H and O–H groups in total. The number of ether oxygens (including phenoxy) is 1. The Kier molecular flexibility index (Phi) is 5.06. The Morgan fingerprint density at radius 3 is 2.80 bits per heavy atom. The number of anilines is 1. The molecule has 0 bridgehead atoms. The van der Waals surface area contributed by atoms with Crippen molar-refractivity contribution in [2.24, 2.45) is 0 Å². The maximum atomic E-state index is 5.47. The summed E-state index contributed by atoms with van der Waals surface area (Å²) in [5, 5.41) is 17.6. The number of aryl methyl sites for hydroxylation is 1. The van der Waals surface area contributed by atoms with Crippen LogP contribution in [0.5, 0.6) is 5.75 Å². The SMILES string of the molecule is CCN1CCC[C@@H](Nc2nnc(-c3ccc(OC)cc3C3CC3)c3cc(C)nn23)C1. The number of hydrogen-bond acceptors (Lipinski definition) is 6. The van der Waals surface area contributed by atoms with Crippen LogP contribution in [0.2, 0.25) is 0 Å². The molecule has 2 aliphatic rings. The molecule has 5 rings (SSSR count). The average molecular weight is 407 g/mol. The second-order valence-corrected chi connectivity index (χ2v) is 8.56. The molecule has 7 nitrogen and oxygen atoms in total. The van der Waals surface area contributed by atoms with Crippen LogP contribution < -0.4 is 10.1 Å². The fourth-order valence-electron chi connectivity index (χ4n) is 4.56. The van der Waals surface area contributed by atoms with E-state index in [1.54, 1.807) is 7.11 Å². The van der Waals surface area contributed by atoms with Crippen molar-refractivity contribution >= 4 is 11.5 Å². The van der Waals surface area contributed by atoms with Gasteiger partial charge in [0.2, 0.25) is 5.95 Å². The fraction of sp³-hybridized carbons (Fsp3) is 0.522. The highest BCUT2D eigenvalue weighted by Crippen LogP contribution is 2.46. The van der Waals surface area contributed by atoms with E-state index in [-0.39, 0.29) is 0 Å². The van der Waals surface area contributed by atoms with E-state index in [2.05, 4.69) is 40.4 Å². The van der Waals surface area contributed by atoms with Gasteiger partial charge in [-0.2, -0.15) is 9.61 Å². The Morgan fingerprint density at radius 1 is 1.17 bits per heavy atom. The van der Waals surface area contributed by atoms with Gasteiger partial charge >= 0.3 is 0 Å². The molecule has 158 valence electrons. The summed E-state index contributed by atoms with van der Waals surface area (Å²) in [5.74, 6) is 2.21. The highest BCUT2D eigenvalue weighted by molar-refractivity contribution is 5.80. The molecule has 0 unspecified atom stereocenters. The third-order valence-electron chi connectivity index (χ3n) is 6.34. The fourth-order valence-corrected chi connectivity index (χ4v) is 4.56. The van der Waals surface area contributed by atoms with Gasteiger partial charge in [0, 0.05) is 18.2 Å². The second-order valence-electron chi connectivity index (χ2n) is 8.56. The van der Waals surface area contributed by atoms with Gasteiger partial charge in [0.05, 0.1) is 18.3 Å². The molecule has 30 heavy (non-hydrogen) atoms. The predicted molar refractivity (Wildman–Crippen MR) is 118 cm³/mol. The molecule has 1 aliphatic carbocycles. The van der Waals surface area contributed by atoms with Crippen LogP contribution in [0.4, 0.5) is 5.95 Å². The van der Waals surface area contributed by atoms with E-state index >= 15 is 0 Å². The smallest absolute Gasteiger partial charge is 0.244 e. The Labute approximate surface area is 177 Å². The van der Waals surface area contributed by atoms with Crippen LogP contribution in [-0.2, 0) is 0 Å². The van der Waals surface area contributed by atoms with Crippen LogP contribution in [0.3, 0.4) is 0 Å². The molecule has 1 aliphatic heterocycles. The molecule has 0 radical (unpaired) electrons. The minimum atomic E-state index is 0.370. The van der Waals surface area contributed by atoms with E-state index in [9.17, 15) is 0 Å². The van der Waals surface area contributed by atoms with Gasteiger partial charge in [0.25, 0.3) is 0 Å². The first kappa shape index (κ1) is 19.3. The molecular formula is C23H30N6O. The molecular weight excluding hydrogens is 376 g/mol. The Bertz CT molecular complexity index is 1060. The molecule has 0 amide bonds. The van der Waals surface area contributed by atoms with Gasteiger partial charge in [0.15, 0.2) is 0 Å². The average Bonchev–Trinajstić information content (AvgIpc) is 3.54. The molecule has 2 fully saturated rings. The third-order valence-corrected chi connectivity index (χ3v) is 6.34. The maximum Gasteiger partial charge on any atom is 0.244 e. The van der Waals surface area contributed by atoms with Crippen molar-refractivity contribution < 1.29 is 4.74 Å². The molecule has 1 saturated heterocycles. The van der Waals surface area contributed by atoms with Crippen LogP contribution in [-0.4, -0.2) is 57.5 Å². The number of fused-ring (bicyclic) bond motifs is 1. The number of likely N-dealkylation sites (N-methyl/N-ethyl adjacent to an activating group) is 1. The zero-order chi connectivity index (χ0) is 20.7. The molecule has 3 heterocycles. The van der Waals surface area contributed by atoms with Gasteiger partial charge in [0.1, 0.15) is 11.4 Å². The van der Waals surface area contributed by atoms with Gasteiger partial charge in [-0.25, -0.2) is 0 Å². The van der Waals surface area contributed by atoms with Crippen molar-refractivity contribution in [2.45, 2.75) is 51.5 Å². The monoisotopic (exact) mass is 406 g/mol. The lowest BCUT2D eigenvalue weighted by Crippen LogP contribution is -2.42. The first-order valence-electron chi connectivity index (χ1n) is 11.1. The van der Waals surface area contributed by atoms with Crippen molar-refractivity contribution in [3.8, 4) is 17.0 Å². The lowest BCUT2D eigenvalue weighted by Gasteiger charge is -2.32. The summed E-state index contributed by atoms with van der Waals surface area (Å²) in [4.78, 5) is 2.48. The van der Waals surface area contributed by atoms with Gasteiger partial charge in [-0.1, -0.05) is 6.92 Å².